The Kier molecular flexibility index (Phi) is 5.03. The van der Waals surface area contributed by atoms with Crippen LogP contribution in [0.2, 0.25) is 5.02 Å². The van der Waals surface area contributed by atoms with Gasteiger partial charge in [0, 0.05) is 17.1 Å². The average Bonchev–Trinajstić information content (AvgIpc) is 2.25. The third kappa shape index (κ3) is 3.47. The van der Waals surface area contributed by atoms with Crippen molar-refractivity contribution in [1.29, 1.82) is 0 Å². The topological polar surface area (TPSA) is 21.3 Å². The van der Waals surface area contributed by atoms with Gasteiger partial charge in [0.05, 0.1) is 0 Å². The van der Waals surface area contributed by atoms with Crippen molar-refractivity contribution in [1.82, 2.24) is 5.32 Å². The maximum absolute atomic E-state index is 6.07. The Bertz CT molecular complexity index is 357. The second kappa shape index (κ2) is 6.34. The van der Waals surface area contributed by atoms with Gasteiger partial charge in [-0.05, 0) is 18.7 Å². The first kappa shape index (κ1) is 11.9. The van der Waals surface area contributed by atoms with Crippen molar-refractivity contribution < 1.29 is 4.74 Å². The summed E-state index contributed by atoms with van der Waals surface area (Å²) in [4.78, 5) is 0. The van der Waals surface area contributed by atoms with Crippen LogP contribution in [0.4, 0.5) is 0 Å². The van der Waals surface area contributed by atoms with Crippen molar-refractivity contribution in [2.75, 3.05) is 13.2 Å². The molecule has 0 aliphatic carbocycles. The zero-order chi connectivity index (χ0) is 11.1. The molecule has 1 N–H and O–H groups in total. The number of nitrogens with one attached hydrogen (secondary N) is 1. The van der Waals surface area contributed by atoms with Crippen molar-refractivity contribution in [3.05, 3.63) is 28.8 Å². The van der Waals surface area contributed by atoms with Gasteiger partial charge in [-0.1, -0.05) is 30.5 Å². The minimum absolute atomic E-state index is 0.263. The van der Waals surface area contributed by atoms with Crippen LogP contribution < -0.4 is 10.1 Å². The fourth-order valence-electron chi connectivity index (χ4n) is 1.22. The fraction of sp³-hybridized carbons (Fsp3) is 0.333. The molecule has 15 heavy (non-hydrogen) atoms. The highest BCUT2D eigenvalue weighted by molar-refractivity contribution is 6.31. The maximum Gasteiger partial charge on any atom is 0.148 e. The van der Waals surface area contributed by atoms with Crippen LogP contribution >= 0.6 is 11.6 Å². The molecule has 0 radical (unpaired) electrons. The minimum Gasteiger partial charge on any atom is -0.481 e. The van der Waals surface area contributed by atoms with Crippen molar-refractivity contribution in [3.63, 3.8) is 0 Å². The molecule has 1 rings (SSSR count). The van der Waals surface area contributed by atoms with Gasteiger partial charge in [0.15, 0.2) is 0 Å². The molecule has 0 atom stereocenters. The number of hydrogen-bond acceptors (Lipinski definition) is 2. The molecular weight excluding hydrogens is 210 g/mol. The number of benzene rings is 1. The first-order valence-corrected chi connectivity index (χ1v) is 5.21. The molecule has 80 valence electrons. The minimum atomic E-state index is 0.263. The number of ether oxygens (including phenoxy) is 1. The summed E-state index contributed by atoms with van der Waals surface area (Å²) in [5, 5.41) is 3.91. The van der Waals surface area contributed by atoms with E-state index in [9.17, 15) is 0 Å². The van der Waals surface area contributed by atoms with Crippen molar-refractivity contribution in [2.45, 2.75) is 13.5 Å². The van der Waals surface area contributed by atoms with E-state index in [1.807, 2.05) is 25.1 Å². The monoisotopic (exact) mass is 223 g/mol. The normalized spacial score (nSPS) is 9.67. The van der Waals surface area contributed by atoms with Crippen LogP contribution in [0, 0.1) is 12.3 Å². The van der Waals surface area contributed by atoms with Crippen LogP contribution in [0.15, 0.2) is 18.2 Å². The highest BCUT2D eigenvalue weighted by atomic mass is 35.5. The third-order valence-electron chi connectivity index (χ3n) is 1.94. The van der Waals surface area contributed by atoms with E-state index in [2.05, 4.69) is 11.2 Å². The Labute approximate surface area is 95.6 Å². The van der Waals surface area contributed by atoms with Gasteiger partial charge in [-0.3, -0.25) is 0 Å². The van der Waals surface area contributed by atoms with Crippen molar-refractivity contribution in [2.24, 2.45) is 0 Å². The molecule has 0 aromatic heterocycles. The summed E-state index contributed by atoms with van der Waals surface area (Å²) in [6.45, 7) is 3.88. The molecule has 0 bridgehead atoms. The molecule has 0 saturated carbocycles. The summed E-state index contributed by atoms with van der Waals surface area (Å²) in [5.41, 5.74) is 0.955. The van der Waals surface area contributed by atoms with Gasteiger partial charge < -0.3 is 10.1 Å². The van der Waals surface area contributed by atoms with Gasteiger partial charge in [-0.2, -0.15) is 0 Å². The molecule has 0 saturated heterocycles. The smallest absolute Gasteiger partial charge is 0.148 e. The molecule has 1 aromatic carbocycles. The molecule has 0 aliphatic heterocycles. The number of terminal acetylenes is 1. The van der Waals surface area contributed by atoms with E-state index >= 15 is 0 Å². The van der Waals surface area contributed by atoms with E-state index in [0.717, 1.165) is 17.9 Å². The van der Waals surface area contributed by atoms with Crippen LogP contribution in [0.3, 0.4) is 0 Å². The Hall–Kier alpha value is -1.17. The van der Waals surface area contributed by atoms with Crippen LogP contribution in [0.25, 0.3) is 0 Å². The number of rotatable bonds is 5. The summed E-state index contributed by atoms with van der Waals surface area (Å²) in [6, 6.07) is 5.57. The first-order valence-electron chi connectivity index (χ1n) is 4.84. The molecule has 3 heteroatoms. The summed E-state index contributed by atoms with van der Waals surface area (Å²) >= 11 is 6.07. The lowest BCUT2D eigenvalue weighted by Crippen LogP contribution is -2.13. The van der Waals surface area contributed by atoms with Crippen LogP contribution in [0.5, 0.6) is 5.75 Å². The van der Waals surface area contributed by atoms with E-state index in [1.165, 1.54) is 0 Å². The number of halogens is 1. The second-order valence-corrected chi connectivity index (χ2v) is 3.40. The Morgan fingerprint density at radius 3 is 3.00 bits per heavy atom. The van der Waals surface area contributed by atoms with Crippen LogP contribution in [0.1, 0.15) is 12.5 Å². The van der Waals surface area contributed by atoms with Gasteiger partial charge in [0.2, 0.25) is 0 Å². The molecule has 2 nitrogen and oxygen atoms in total. The lowest BCUT2D eigenvalue weighted by Gasteiger charge is -2.11. The first-order chi connectivity index (χ1) is 7.29. The molecular formula is C12H14ClNO. The average molecular weight is 224 g/mol. The third-order valence-corrected chi connectivity index (χ3v) is 2.29. The predicted octanol–water partition coefficient (Wildman–Crippen LogP) is 2.46. The second-order valence-electron chi connectivity index (χ2n) is 2.99. The highest BCUT2D eigenvalue weighted by Crippen LogP contribution is 2.26. The lowest BCUT2D eigenvalue weighted by atomic mass is 10.2. The SMILES string of the molecule is C#CCOc1cccc(Cl)c1CNCC. The van der Waals surface area contributed by atoms with E-state index < -0.39 is 0 Å². The van der Waals surface area contributed by atoms with E-state index in [4.69, 9.17) is 22.8 Å². The van der Waals surface area contributed by atoms with E-state index in [0.29, 0.717) is 11.6 Å². The highest BCUT2D eigenvalue weighted by Gasteiger charge is 2.06. The van der Waals surface area contributed by atoms with Gasteiger partial charge in [0.25, 0.3) is 0 Å². The lowest BCUT2D eigenvalue weighted by molar-refractivity contribution is 0.365. The molecule has 0 unspecified atom stereocenters. The van der Waals surface area contributed by atoms with Gasteiger partial charge >= 0.3 is 0 Å². The molecule has 1 aromatic rings. The Balaban J connectivity index is 2.83. The molecule has 0 heterocycles. The van der Waals surface area contributed by atoms with Crippen LogP contribution in [-0.2, 0) is 6.54 Å². The van der Waals surface area contributed by atoms with Crippen molar-refractivity contribution >= 4 is 11.6 Å². The molecule has 0 aliphatic rings. The number of hydrogen-bond donors (Lipinski definition) is 1. The maximum atomic E-state index is 6.07. The zero-order valence-electron chi connectivity index (χ0n) is 8.72. The summed E-state index contributed by atoms with van der Waals surface area (Å²) in [5.74, 6) is 3.18. The molecule has 0 amide bonds. The Morgan fingerprint density at radius 2 is 2.33 bits per heavy atom. The van der Waals surface area contributed by atoms with Gasteiger partial charge in [-0.15, -0.1) is 6.42 Å². The Morgan fingerprint density at radius 1 is 1.53 bits per heavy atom. The fourth-order valence-corrected chi connectivity index (χ4v) is 1.45. The summed E-state index contributed by atoms with van der Waals surface area (Å²) in [6.07, 6.45) is 5.14. The van der Waals surface area contributed by atoms with Gasteiger partial charge in [-0.25, -0.2) is 0 Å². The largest absolute Gasteiger partial charge is 0.481 e. The molecule has 0 spiro atoms. The standard InChI is InChI=1S/C12H14ClNO/c1-3-8-15-12-7-5-6-11(13)10(12)9-14-4-2/h1,5-7,14H,4,8-9H2,2H3. The van der Waals surface area contributed by atoms with Crippen molar-refractivity contribution in [3.8, 4) is 18.1 Å². The predicted molar refractivity (Wildman–Crippen MR) is 63.2 cm³/mol. The quantitative estimate of drug-likeness (QED) is 0.775. The van der Waals surface area contributed by atoms with Crippen LogP contribution in [-0.4, -0.2) is 13.2 Å². The van der Waals surface area contributed by atoms with E-state index in [-0.39, 0.29) is 6.61 Å². The molecule has 0 fully saturated rings. The summed E-state index contributed by atoms with van der Waals surface area (Å²) < 4.78 is 5.40. The van der Waals surface area contributed by atoms with Gasteiger partial charge in [0.1, 0.15) is 12.4 Å². The summed E-state index contributed by atoms with van der Waals surface area (Å²) in [7, 11) is 0. The zero-order valence-corrected chi connectivity index (χ0v) is 9.47. The van der Waals surface area contributed by atoms with E-state index in [1.54, 1.807) is 0 Å².